The number of likely N-dealkylation sites (tertiary alicyclic amines) is 1. The van der Waals surface area contributed by atoms with Crippen molar-refractivity contribution in [2.75, 3.05) is 32.7 Å². The number of fused-ring (bicyclic) bond motifs is 1. The molecule has 0 aliphatic carbocycles. The Labute approximate surface area is 157 Å². The number of H-pyrrole nitrogens is 1. The number of Topliss-reactive ketones (excluding diaryl/α,β-unsaturated/α-hetero) is 1. The van der Waals surface area contributed by atoms with E-state index in [1.54, 1.807) is 17.3 Å². The molecular weight excluding hydrogens is 347 g/mol. The molecule has 0 bridgehead atoms. The van der Waals surface area contributed by atoms with Crippen LogP contribution >= 0.6 is 0 Å². The molecule has 7 N–H and O–H groups in total. The second-order valence-corrected chi connectivity index (χ2v) is 7.15. The van der Waals surface area contributed by atoms with Gasteiger partial charge in [-0.2, -0.15) is 0 Å². The minimum absolute atomic E-state index is 0.172. The molecule has 2 aromatic rings. The molecule has 0 spiro atoms. The maximum Gasteiger partial charge on any atom is 0.176 e. The molecule has 2 heterocycles. The van der Waals surface area contributed by atoms with E-state index >= 15 is 0 Å². The van der Waals surface area contributed by atoms with Gasteiger partial charge in [0.25, 0.3) is 0 Å². The molecule has 146 valence electrons. The molecule has 1 aliphatic heterocycles. The van der Waals surface area contributed by atoms with E-state index in [1.165, 1.54) is 19.1 Å². The minimum Gasteiger partial charge on any atom is -0.397 e. The summed E-state index contributed by atoms with van der Waals surface area (Å²) in [6.07, 6.45) is 2.67. The number of hydrazine groups is 1. The molecule has 1 aromatic heterocycles. The first kappa shape index (κ1) is 19.3. The van der Waals surface area contributed by atoms with Gasteiger partial charge in [0.05, 0.1) is 11.4 Å². The Morgan fingerprint density at radius 2 is 2.26 bits per heavy atom. The van der Waals surface area contributed by atoms with Gasteiger partial charge in [0.2, 0.25) is 0 Å². The van der Waals surface area contributed by atoms with Crippen molar-refractivity contribution in [3.05, 3.63) is 41.5 Å². The van der Waals surface area contributed by atoms with E-state index in [-0.39, 0.29) is 11.6 Å². The number of aromatic nitrogens is 1. The number of nitrogens with zero attached hydrogens (tertiary/aromatic N) is 2. The van der Waals surface area contributed by atoms with Gasteiger partial charge in [-0.1, -0.05) is 0 Å². The minimum atomic E-state index is -0.388. The van der Waals surface area contributed by atoms with Crippen LogP contribution in [0.2, 0.25) is 0 Å². The van der Waals surface area contributed by atoms with Crippen molar-refractivity contribution in [2.24, 2.45) is 23.2 Å². The van der Waals surface area contributed by atoms with Crippen molar-refractivity contribution in [1.29, 1.82) is 0 Å². The largest absolute Gasteiger partial charge is 0.397 e. The van der Waals surface area contributed by atoms with Crippen LogP contribution in [0.15, 0.2) is 24.4 Å². The van der Waals surface area contributed by atoms with Crippen LogP contribution in [0.1, 0.15) is 29.4 Å². The van der Waals surface area contributed by atoms with Gasteiger partial charge in [0, 0.05) is 55.8 Å². The summed E-state index contributed by atoms with van der Waals surface area (Å²) < 4.78 is 13.7. The van der Waals surface area contributed by atoms with E-state index in [1.807, 2.05) is 0 Å². The van der Waals surface area contributed by atoms with Crippen LogP contribution in [0.5, 0.6) is 0 Å². The van der Waals surface area contributed by atoms with Gasteiger partial charge in [0.1, 0.15) is 5.82 Å². The van der Waals surface area contributed by atoms with Crippen LogP contribution in [0.4, 0.5) is 4.39 Å². The number of halogens is 1. The van der Waals surface area contributed by atoms with Crippen molar-refractivity contribution >= 4 is 22.4 Å². The summed E-state index contributed by atoms with van der Waals surface area (Å²) in [4.78, 5) is 17.4. The standard InChI is InChI=1S/C19H27FN6O/c1-12(27)19-18(15-8-14(20)2-3-17(15)24-19)16(22)11-26(23)10-13-4-6-25(9-13)7-5-21/h2-3,8,11,13,24H,4-7,9-10,21-23H2,1H3/b16-11-/t13-/m0/s1. The summed E-state index contributed by atoms with van der Waals surface area (Å²) in [5.74, 6) is 6.01. The Morgan fingerprint density at radius 1 is 1.48 bits per heavy atom. The van der Waals surface area contributed by atoms with Crippen molar-refractivity contribution in [3.63, 3.8) is 0 Å². The highest BCUT2D eigenvalue weighted by atomic mass is 19.1. The highest BCUT2D eigenvalue weighted by Crippen LogP contribution is 2.28. The van der Waals surface area contributed by atoms with E-state index in [4.69, 9.17) is 17.3 Å². The highest BCUT2D eigenvalue weighted by molar-refractivity contribution is 6.06. The van der Waals surface area contributed by atoms with Gasteiger partial charge >= 0.3 is 0 Å². The zero-order chi connectivity index (χ0) is 19.6. The molecule has 0 radical (unpaired) electrons. The topological polar surface area (TPSA) is 117 Å². The molecule has 1 aliphatic rings. The van der Waals surface area contributed by atoms with Crippen molar-refractivity contribution in [1.82, 2.24) is 14.9 Å². The molecule has 3 rings (SSSR count). The number of carbonyl (C=O) groups excluding carboxylic acids is 1. The summed E-state index contributed by atoms with van der Waals surface area (Å²) in [5, 5.41) is 2.12. The monoisotopic (exact) mass is 374 g/mol. The second kappa shape index (κ2) is 8.08. The maximum atomic E-state index is 13.7. The number of hydrogen-bond donors (Lipinski definition) is 4. The molecule has 1 fully saturated rings. The van der Waals surface area contributed by atoms with Crippen LogP contribution in [0.25, 0.3) is 16.6 Å². The number of rotatable bonds is 7. The van der Waals surface area contributed by atoms with E-state index in [2.05, 4.69) is 9.88 Å². The van der Waals surface area contributed by atoms with E-state index in [0.29, 0.717) is 46.9 Å². The van der Waals surface area contributed by atoms with Gasteiger partial charge in [-0.25, -0.2) is 10.2 Å². The number of ketones is 1. The number of nitrogens with one attached hydrogen (secondary N) is 1. The Bertz CT molecular complexity index is 861. The summed E-state index contributed by atoms with van der Waals surface area (Å²) in [7, 11) is 0. The smallest absolute Gasteiger partial charge is 0.176 e. The van der Waals surface area contributed by atoms with Crippen LogP contribution in [0.3, 0.4) is 0 Å². The summed E-state index contributed by atoms with van der Waals surface area (Å²) in [6, 6.07) is 4.31. The SMILES string of the molecule is CC(=O)c1[nH]c2ccc(F)cc2c1/C(N)=C/N(N)C[C@H]1CCN(CCN)C1. The molecule has 1 saturated heterocycles. The predicted molar refractivity (Wildman–Crippen MR) is 105 cm³/mol. The lowest BCUT2D eigenvalue weighted by Gasteiger charge is -2.20. The lowest BCUT2D eigenvalue weighted by atomic mass is 10.1. The average molecular weight is 374 g/mol. The molecule has 8 heteroatoms. The lowest BCUT2D eigenvalue weighted by molar-refractivity contribution is 0.101. The highest BCUT2D eigenvalue weighted by Gasteiger charge is 2.23. The van der Waals surface area contributed by atoms with Gasteiger partial charge in [0.15, 0.2) is 5.78 Å². The van der Waals surface area contributed by atoms with E-state index in [0.717, 1.165) is 26.1 Å². The molecule has 7 nitrogen and oxygen atoms in total. The molecule has 0 saturated carbocycles. The van der Waals surface area contributed by atoms with Crippen LogP contribution in [0, 0.1) is 11.7 Å². The third kappa shape index (κ3) is 4.29. The Kier molecular flexibility index (Phi) is 5.79. The number of nitrogens with two attached hydrogens (primary N) is 3. The maximum absolute atomic E-state index is 13.7. The number of hydrogen-bond acceptors (Lipinski definition) is 6. The first-order valence-electron chi connectivity index (χ1n) is 9.12. The number of carbonyl (C=O) groups is 1. The Balaban J connectivity index is 1.82. The first-order chi connectivity index (χ1) is 12.9. The molecule has 1 atom stereocenters. The van der Waals surface area contributed by atoms with Gasteiger partial charge in [-0.15, -0.1) is 0 Å². The molecule has 0 unspecified atom stereocenters. The third-order valence-corrected chi connectivity index (χ3v) is 4.99. The van der Waals surface area contributed by atoms with E-state index in [9.17, 15) is 9.18 Å². The van der Waals surface area contributed by atoms with Gasteiger partial charge < -0.3 is 26.4 Å². The second-order valence-electron chi connectivity index (χ2n) is 7.15. The normalized spacial score (nSPS) is 18.4. The summed E-state index contributed by atoms with van der Waals surface area (Å²) in [5.41, 5.74) is 13.7. The fraction of sp³-hybridized carbons (Fsp3) is 0.421. The average Bonchev–Trinajstić information content (AvgIpc) is 3.19. The van der Waals surface area contributed by atoms with Crippen LogP contribution in [-0.4, -0.2) is 53.4 Å². The zero-order valence-corrected chi connectivity index (χ0v) is 15.5. The molecular formula is C19H27FN6O. The van der Waals surface area contributed by atoms with Crippen LogP contribution in [-0.2, 0) is 0 Å². The van der Waals surface area contributed by atoms with E-state index < -0.39 is 0 Å². The summed E-state index contributed by atoms with van der Waals surface area (Å²) in [6.45, 7) is 5.61. The fourth-order valence-corrected chi connectivity index (χ4v) is 3.77. The number of aromatic amines is 1. The molecule has 1 aromatic carbocycles. The third-order valence-electron chi connectivity index (χ3n) is 4.99. The van der Waals surface area contributed by atoms with Crippen molar-refractivity contribution < 1.29 is 9.18 Å². The Hall–Kier alpha value is -2.42. The lowest BCUT2D eigenvalue weighted by Crippen LogP contribution is -2.34. The fourth-order valence-electron chi connectivity index (χ4n) is 3.77. The molecule has 27 heavy (non-hydrogen) atoms. The quantitative estimate of drug-likeness (QED) is 0.329. The van der Waals surface area contributed by atoms with Gasteiger partial charge in [-0.3, -0.25) is 4.79 Å². The van der Waals surface area contributed by atoms with Gasteiger partial charge in [-0.05, 0) is 37.1 Å². The zero-order valence-electron chi connectivity index (χ0n) is 15.5. The number of benzene rings is 1. The summed E-state index contributed by atoms with van der Waals surface area (Å²) >= 11 is 0. The van der Waals surface area contributed by atoms with Crippen molar-refractivity contribution in [3.8, 4) is 0 Å². The van der Waals surface area contributed by atoms with Crippen LogP contribution < -0.4 is 17.3 Å². The predicted octanol–water partition coefficient (Wildman–Crippen LogP) is 1.22. The van der Waals surface area contributed by atoms with Crippen molar-refractivity contribution in [2.45, 2.75) is 13.3 Å². The molecule has 0 amide bonds. The Morgan fingerprint density at radius 3 is 2.96 bits per heavy atom. The first-order valence-corrected chi connectivity index (χ1v) is 9.12.